The highest BCUT2D eigenvalue weighted by atomic mass is 16.5. The number of aliphatic hydroxyl groups is 1. The van der Waals surface area contributed by atoms with E-state index in [9.17, 15) is 9.90 Å². The summed E-state index contributed by atoms with van der Waals surface area (Å²) in [4.78, 5) is 11.5. The Morgan fingerprint density at radius 3 is 2.23 bits per heavy atom. The number of hydroxylamine groups is 1. The van der Waals surface area contributed by atoms with Gasteiger partial charge in [-0.1, -0.05) is 54.6 Å². The Labute approximate surface area is 129 Å². The van der Waals surface area contributed by atoms with Crippen molar-refractivity contribution in [3.8, 4) is 11.1 Å². The van der Waals surface area contributed by atoms with Crippen LogP contribution in [0.5, 0.6) is 0 Å². The summed E-state index contributed by atoms with van der Waals surface area (Å²) >= 11 is 0. The standard InChI is InChI=1S/C17H19NO4/c1-17(12-19,16(20)18-21)22-11-13-7-9-15(10-8-13)14-5-3-2-4-6-14/h2-10,19,21H,11-12H2,1H3,(H,18,20). The summed E-state index contributed by atoms with van der Waals surface area (Å²) in [5, 5.41) is 17.9. The molecule has 0 aliphatic carbocycles. The third-order valence-electron chi connectivity index (χ3n) is 3.50. The molecule has 1 amide bonds. The summed E-state index contributed by atoms with van der Waals surface area (Å²) in [6.07, 6.45) is 0. The van der Waals surface area contributed by atoms with Gasteiger partial charge < -0.3 is 9.84 Å². The fraction of sp³-hybridized carbons (Fsp3) is 0.235. The summed E-state index contributed by atoms with van der Waals surface area (Å²) in [5.41, 5.74) is 3.09. The monoisotopic (exact) mass is 301 g/mol. The minimum atomic E-state index is -1.48. The maximum Gasteiger partial charge on any atom is 0.277 e. The number of amides is 1. The number of aliphatic hydroxyl groups excluding tert-OH is 1. The second-order valence-corrected chi connectivity index (χ2v) is 5.18. The molecule has 3 N–H and O–H groups in total. The summed E-state index contributed by atoms with van der Waals surface area (Å²) in [7, 11) is 0. The topological polar surface area (TPSA) is 78.8 Å². The molecule has 0 aromatic heterocycles. The Kier molecular flexibility index (Phi) is 5.27. The van der Waals surface area contributed by atoms with E-state index in [0.717, 1.165) is 16.7 Å². The number of carbonyl (C=O) groups is 1. The molecular formula is C17H19NO4. The number of benzene rings is 2. The Hall–Kier alpha value is -2.21. The highest BCUT2D eigenvalue weighted by Crippen LogP contribution is 2.20. The maximum atomic E-state index is 11.5. The molecule has 1 atom stereocenters. The molecule has 0 radical (unpaired) electrons. The molecule has 1 unspecified atom stereocenters. The predicted molar refractivity (Wildman–Crippen MR) is 82.1 cm³/mol. The summed E-state index contributed by atoms with van der Waals surface area (Å²) in [5.74, 6) is -0.782. The zero-order valence-corrected chi connectivity index (χ0v) is 12.3. The first-order valence-corrected chi connectivity index (χ1v) is 6.93. The van der Waals surface area contributed by atoms with Crippen molar-refractivity contribution in [3.63, 3.8) is 0 Å². The second kappa shape index (κ2) is 7.17. The van der Waals surface area contributed by atoms with Crippen molar-refractivity contribution in [1.82, 2.24) is 5.48 Å². The lowest BCUT2D eigenvalue weighted by atomic mass is 10.0. The van der Waals surface area contributed by atoms with Crippen LogP contribution in [-0.2, 0) is 16.1 Å². The van der Waals surface area contributed by atoms with Gasteiger partial charge in [-0.15, -0.1) is 0 Å². The zero-order valence-electron chi connectivity index (χ0n) is 12.3. The van der Waals surface area contributed by atoms with Gasteiger partial charge in [0.15, 0.2) is 5.60 Å². The van der Waals surface area contributed by atoms with Gasteiger partial charge in [0.25, 0.3) is 5.91 Å². The Bertz CT molecular complexity index is 612. The van der Waals surface area contributed by atoms with E-state index in [4.69, 9.17) is 9.94 Å². The number of hydrogen-bond donors (Lipinski definition) is 3. The van der Waals surface area contributed by atoms with E-state index in [1.54, 1.807) is 0 Å². The molecule has 22 heavy (non-hydrogen) atoms. The Balaban J connectivity index is 2.04. The maximum absolute atomic E-state index is 11.5. The number of nitrogens with one attached hydrogen (secondary N) is 1. The first kappa shape index (κ1) is 16.2. The van der Waals surface area contributed by atoms with Crippen molar-refractivity contribution in [2.75, 3.05) is 6.61 Å². The van der Waals surface area contributed by atoms with E-state index in [1.807, 2.05) is 54.6 Å². The quantitative estimate of drug-likeness (QED) is 0.564. The van der Waals surface area contributed by atoms with Gasteiger partial charge in [-0.3, -0.25) is 10.0 Å². The van der Waals surface area contributed by atoms with Gasteiger partial charge in [-0.05, 0) is 23.6 Å². The Morgan fingerprint density at radius 1 is 1.09 bits per heavy atom. The smallest absolute Gasteiger partial charge is 0.277 e. The first-order valence-electron chi connectivity index (χ1n) is 6.93. The normalized spacial score (nSPS) is 13.4. The van der Waals surface area contributed by atoms with Crippen LogP contribution in [0.4, 0.5) is 0 Å². The van der Waals surface area contributed by atoms with Crippen LogP contribution in [0.25, 0.3) is 11.1 Å². The van der Waals surface area contributed by atoms with E-state index < -0.39 is 18.1 Å². The van der Waals surface area contributed by atoms with Crippen molar-refractivity contribution in [3.05, 3.63) is 60.2 Å². The van der Waals surface area contributed by atoms with Crippen molar-refractivity contribution in [2.24, 2.45) is 0 Å². The lowest BCUT2D eigenvalue weighted by Gasteiger charge is -2.25. The largest absolute Gasteiger partial charge is 0.393 e. The molecule has 0 aliphatic rings. The van der Waals surface area contributed by atoms with Gasteiger partial charge in [0.05, 0.1) is 13.2 Å². The third kappa shape index (κ3) is 3.71. The average Bonchev–Trinajstić information content (AvgIpc) is 2.60. The van der Waals surface area contributed by atoms with E-state index in [2.05, 4.69) is 0 Å². The average molecular weight is 301 g/mol. The van der Waals surface area contributed by atoms with Gasteiger partial charge in [0.2, 0.25) is 0 Å². The SMILES string of the molecule is CC(CO)(OCc1ccc(-c2ccccc2)cc1)C(=O)NO. The van der Waals surface area contributed by atoms with Crippen LogP contribution in [0.1, 0.15) is 12.5 Å². The fourth-order valence-electron chi connectivity index (χ4n) is 1.97. The van der Waals surface area contributed by atoms with E-state index in [-0.39, 0.29) is 6.61 Å². The van der Waals surface area contributed by atoms with Crippen LogP contribution in [-0.4, -0.2) is 28.4 Å². The van der Waals surface area contributed by atoms with Gasteiger partial charge in [0.1, 0.15) is 0 Å². The van der Waals surface area contributed by atoms with E-state index in [0.29, 0.717) is 0 Å². The van der Waals surface area contributed by atoms with Crippen LogP contribution >= 0.6 is 0 Å². The predicted octanol–water partition coefficient (Wildman–Crippen LogP) is 2.13. The van der Waals surface area contributed by atoms with E-state index >= 15 is 0 Å². The molecular weight excluding hydrogens is 282 g/mol. The zero-order chi connectivity index (χ0) is 16.0. The molecule has 0 aliphatic heterocycles. The number of rotatable bonds is 6. The van der Waals surface area contributed by atoms with Crippen LogP contribution < -0.4 is 5.48 Å². The molecule has 5 heteroatoms. The lowest BCUT2D eigenvalue weighted by molar-refractivity contribution is -0.161. The fourth-order valence-corrected chi connectivity index (χ4v) is 1.97. The van der Waals surface area contributed by atoms with Crippen LogP contribution in [0.15, 0.2) is 54.6 Å². The molecule has 0 heterocycles. The molecule has 2 aromatic carbocycles. The third-order valence-corrected chi connectivity index (χ3v) is 3.50. The Morgan fingerprint density at radius 2 is 1.68 bits per heavy atom. The number of ether oxygens (including phenoxy) is 1. The van der Waals surface area contributed by atoms with Crippen LogP contribution in [0, 0.1) is 0 Å². The number of carbonyl (C=O) groups excluding carboxylic acids is 1. The minimum absolute atomic E-state index is 0.152. The molecule has 0 saturated carbocycles. The van der Waals surface area contributed by atoms with Crippen molar-refractivity contribution < 1.29 is 19.8 Å². The molecule has 2 rings (SSSR count). The van der Waals surface area contributed by atoms with Crippen molar-refractivity contribution in [1.29, 1.82) is 0 Å². The highest BCUT2D eigenvalue weighted by molar-refractivity contribution is 5.83. The van der Waals surface area contributed by atoms with Gasteiger partial charge in [-0.2, -0.15) is 0 Å². The van der Waals surface area contributed by atoms with Gasteiger partial charge >= 0.3 is 0 Å². The molecule has 5 nitrogen and oxygen atoms in total. The molecule has 0 bridgehead atoms. The van der Waals surface area contributed by atoms with Crippen molar-refractivity contribution >= 4 is 5.91 Å². The van der Waals surface area contributed by atoms with E-state index in [1.165, 1.54) is 12.4 Å². The van der Waals surface area contributed by atoms with Crippen LogP contribution in [0.3, 0.4) is 0 Å². The molecule has 2 aromatic rings. The minimum Gasteiger partial charge on any atom is -0.393 e. The van der Waals surface area contributed by atoms with Crippen LogP contribution in [0.2, 0.25) is 0 Å². The van der Waals surface area contributed by atoms with Crippen molar-refractivity contribution in [2.45, 2.75) is 19.1 Å². The first-order chi connectivity index (χ1) is 10.6. The number of hydrogen-bond acceptors (Lipinski definition) is 4. The molecule has 116 valence electrons. The summed E-state index contributed by atoms with van der Waals surface area (Å²) in [6, 6.07) is 17.7. The molecule has 0 fully saturated rings. The van der Waals surface area contributed by atoms with Gasteiger partial charge in [-0.25, -0.2) is 5.48 Å². The lowest BCUT2D eigenvalue weighted by Crippen LogP contribution is -2.48. The molecule has 0 spiro atoms. The highest BCUT2D eigenvalue weighted by Gasteiger charge is 2.33. The second-order valence-electron chi connectivity index (χ2n) is 5.18. The summed E-state index contributed by atoms with van der Waals surface area (Å²) in [6.45, 7) is 1.04. The summed E-state index contributed by atoms with van der Waals surface area (Å²) < 4.78 is 5.44. The van der Waals surface area contributed by atoms with Gasteiger partial charge in [0, 0.05) is 0 Å². The molecule has 0 saturated heterocycles.